The molecule has 2 heterocycles. The molecule has 0 unspecified atom stereocenters. The summed E-state index contributed by atoms with van der Waals surface area (Å²) < 4.78 is 1.81. The van der Waals surface area contributed by atoms with Gasteiger partial charge in [-0.05, 0) is 38.0 Å². The highest BCUT2D eigenvalue weighted by Gasteiger charge is 2.40. The lowest BCUT2D eigenvalue weighted by molar-refractivity contribution is -0.137. The minimum Gasteiger partial charge on any atom is -0.341 e. The third kappa shape index (κ3) is 3.91. The number of nitrogens with one attached hydrogen (secondary N) is 2. The first-order valence-electron chi connectivity index (χ1n) is 10.5. The van der Waals surface area contributed by atoms with Gasteiger partial charge in [-0.1, -0.05) is 30.2 Å². The van der Waals surface area contributed by atoms with Gasteiger partial charge in [-0.15, -0.1) is 5.10 Å². The molecule has 0 aromatic carbocycles. The number of fused-ring (bicyclic) bond motifs is 1. The van der Waals surface area contributed by atoms with Crippen LogP contribution in [0.1, 0.15) is 56.7 Å². The molecule has 4 atom stereocenters. The summed E-state index contributed by atoms with van der Waals surface area (Å²) >= 11 is 0. The highest BCUT2D eigenvalue weighted by Crippen LogP contribution is 2.38. The zero-order valence-electron chi connectivity index (χ0n) is 16.5. The third-order valence-corrected chi connectivity index (χ3v) is 6.50. The number of likely N-dealkylation sites (tertiary alicyclic amines) is 1. The number of urea groups is 1. The van der Waals surface area contributed by atoms with Crippen LogP contribution in [0.5, 0.6) is 0 Å². The van der Waals surface area contributed by atoms with Gasteiger partial charge in [0.05, 0.1) is 18.8 Å². The van der Waals surface area contributed by atoms with Gasteiger partial charge in [0.15, 0.2) is 0 Å². The Morgan fingerprint density at radius 1 is 1.25 bits per heavy atom. The Labute approximate surface area is 165 Å². The largest absolute Gasteiger partial charge is 0.341 e. The smallest absolute Gasteiger partial charge is 0.314 e. The van der Waals surface area contributed by atoms with Crippen LogP contribution in [0, 0.1) is 11.8 Å². The Morgan fingerprint density at radius 3 is 2.96 bits per heavy atom. The molecule has 1 aromatic heterocycles. The standard InChI is InChI=1S/C20H30N6O2/c1-21-20(28)22-12-16-13-26(24-23-16)17-7-4-6-15(11-17)19(27)25-10-9-14-5-2-3-8-18(14)25/h4,7,13-15,17-18H,2-3,5-6,8-12H2,1H3,(H2,21,22,28)/t14-,15-,17-,18-/m0/s1. The van der Waals surface area contributed by atoms with Crippen molar-refractivity contribution in [1.29, 1.82) is 0 Å². The van der Waals surface area contributed by atoms with E-state index in [1.54, 1.807) is 7.05 Å². The van der Waals surface area contributed by atoms with E-state index in [1.807, 2.05) is 10.9 Å². The molecule has 8 nitrogen and oxygen atoms in total. The molecule has 0 radical (unpaired) electrons. The van der Waals surface area contributed by atoms with Gasteiger partial charge < -0.3 is 15.5 Å². The van der Waals surface area contributed by atoms with E-state index in [9.17, 15) is 9.59 Å². The fourth-order valence-corrected chi connectivity index (χ4v) is 4.99. The highest BCUT2D eigenvalue weighted by molar-refractivity contribution is 5.80. The van der Waals surface area contributed by atoms with Gasteiger partial charge in [0.1, 0.15) is 5.69 Å². The number of carbonyl (C=O) groups excluding carboxylic acids is 2. The molecule has 1 saturated heterocycles. The SMILES string of the molecule is CNC(=O)NCc1cn([C@H]2C=CC[C@H](C(=O)N3CC[C@@H]4CCCC[C@@H]43)C2)nn1. The van der Waals surface area contributed by atoms with Crippen molar-refractivity contribution in [3.05, 3.63) is 24.0 Å². The normalized spacial score (nSPS) is 29.4. The number of rotatable bonds is 4. The van der Waals surface area contributed by atoms with Crippen LogP contribution in [0.15, 0.2) is 18.3 Å². The maximum Gasteiger partial charge on any atom is 0.314 e. The van der Waals surface area contributed by atoms with Crippen molar-refractivity contribution in [1.82, 2.24) is 30.5 Å². The van der Waals surface area contributed by atoms with E-state index in [-0.39, 0.29) is 18.0 Å². The first-order chi connectivity index (χ1) is 13.7. The van der Waals surface area contributed by atoms with Crippen molar-refractivity contribution in [2.24, 2.45) is 11.8 Å². The Kier molecular flexibility index (Phi) is 5.64. The Balaban J connectivity index is 1.37. The van der Waals surface area contributed by atoms with Gasteiger partial charge in [-0.2, -0.15) is 0 Å². The van der Waals surface area contributed by atoms with Crippen molar-refractivity contribution < 1.29 is 9.59 Å². The average molecular weight is 387 g/mol. The molecule has 152 valence electrons. The van der Waals surface area contributed by atoms with Gasteiger partial charge in [-0.3, -0.25) is 4.79 Å². The summed E-state index contributed by atoms with van der Waals surface area (Å²) in [6.45, 7) is 1.26. The summed E-state index contributed by atoms with van der Waals surface area (Å²) in [6, 6.07) is 0.262. The quantitative estimate of drug-likeness (QED) is 0.774. The van der Waals surface area contributed by atoms with E-state index in [0.29, 0.717) is 24.2 Å². The fraction of sp³-hybridized carbons (Fsp3) is 0.700. The molecule has 8 heteroatoms. The van der Waals surface area contributed by atoms with Gasteiger partial charge >= 0.3 is 6.03 Å². The Hall–Kier alpha value is -2.38. The second-order valence-electron chi connectivity index (χ2n) is 8.22. The van der Waals surface area contributed by atoms with E-state index in [2.05, 4.69) is 38.0 Å². The minimum atomic E-state index is -0.246. The first-order valence-corrected chi connectivity index (χ1v) is 10.5. The molecule has 2 fully saturated rings. The van der Waals surface area contributed by atoms with Crippen molar-refractivity contribution in [3.8, 4) is 0 Å². The molecule has 28 heavy (non-hydrogen) atoms. The van der Waals surface area contributed by atoms with Crippen LogP contribution >= 0.6 is 0 Å². The molecular formula is C20H30N6O2. The van der Waals surface area contributed by atoms with Crippen molar-refractivity contribution in [3.63, 3.8) is 0 Å². The first kappa shape index (κ1) is 19.0. The zero-order valence-corrected chi connectivity index (χ0v) is 16.5. The van der Waals surface area contributed by atoms with Crippen LogP contribution in [0.4, 0.5) is 4.79 Å². The topological polar surface area (TPSA) is 92.2 Å². The highest BCUT2D eigenvalue weighted by atomic mass is 16.2. The molecule has 0 bridgehead atoms. The van der Waals surface area contributed by atoms with Crippen molar-refractivity contribution in [2.75, 3.05) is 13.6 Å². The number of allylic oxidation sites excluding steroid dienone is 2. The molecule has 1 aromatic rings. The maximum atomic E-state index is 13.2. The van der Waals surface area contributed by atoms with Crippen LogP contribution in [0.3, 0.4) is 0 Å². The molecule has 4 rings (SSSR count). The lowest BCUT2D eigenvalue weighted by Gasteiger charge is -2.35. The average Bonchev–Trinajstić information content (AvgIpc) is 3.39. The van der Waals surface area contributed by atoms with Crippen LogP contribution in [-0.4, -0.2) is 51.5 Å². The van der Waals surface area contributed by atoms with Crippen LogP contribution in [0.2, 0.25) is 0 Å². The van der Waals surface area contributed by atoms with Crippen molar-refractivity contribution >= 4 is 11.9 Å². The molecule has 0 spiro atoms. The summed E-state index contributed by atoms with van der Waals surface area (Å²) in [5.74, 6) is 1.07. The number of aromatic nitrogens is 3. The van der Waals surface area contributed by atoms with E-state index < -0.39 is 0 Å². The monoisotopic (exact) mass is 386 g/mol. The minimum absolute atomic E-state index is 0.0207. The Bertz CT molecular complexity index is 745. The predicted octanol–water partition coefficient (Wildman–Crippen LogP) is 2.01. The van der Waals surface area contributed by atoms with Crippen molar-refractivity contribution in [2.45, 2.75) is 63.6 Å². The maximum absolute atomic E-state index is 13.2. The number of hydrogen-bond donors (Lipinski definition) is 2. The van der Waals surface area contributed by atoms with Crippen LogP contribution in [-0.2, 0) is 11.3 Å². The Morgan fingerprint density at radius 2 is 2.11 bits per heavy atom. The van der Waals surface area contributed by atoms with Gasteiger partial charge in [0, 0.05) is 25.6 Å². The molecule has 2 aliphatic carbocycles. The lowest BCUT2D eigenvalue weighted by atomic mass is 9.84. The second kappa shape index (κ2) is 8.32. The number of hydrogen-bond acceptors (Lipinski definition) is 4. The summed E-state index contributed by atoms with van der Waals surface area (Å²) in [5, 5.41) is 13.6. The predicted molar refractivity (Wildman–Crippen MR) is 104 cm³/mol. The van der Waals surface area contributed by atoms with Gasteiger partial charge in [0.25, 0.3) is 0 Å². The molecule has 3 aliphatic rings. The van der Waals surface area contributed by atoms with Gasteiger partial charge in [0.2, 0.25) is 5.91 Å². The fourth-order valence-electron chi connectivity index (χ4n) is 4.99. The lowest BCUT2D eigenvalue weighted by Crippen LogP contribution is -2.43. The van der Waals surface area contributed by atoms with E-state index >= 15 is 0 Å². The molecule has 2 N–H and O–H groups in total. The van der Waals surface area contributed by atoms with E-state index in [1.165, 1.54) is 32.1 Å². The van der Waals surface area contributed by atoms with E-state index in [4.69, 9.17) is 0 Å². The molecular weight excluding hydrogens is 356 g/mol. The third-order valence-electron chi connectivity index (χ3n) is 6.50. The molecule has 1 saturated carbocycles. The van der Waals surface area contributed by atoms with Gasteiger partial charge in [-0.25, -0.2) is 9.48 Å². The summed E-state index contributed by atoms with van der Waals surface area (Å²) in [4.78, 5) is 26.7. The summed E-state index contributed by atoms with van der Waals surface area (Å²) in [6.07, 6.45) is 13.8. The van der Waals surface area contributed by atoms with E-state index in [0.717, 1.165) is 25.3 Å². The summed E-state index contributed by atoms with van der Waals surface area (Å²) in [7, 11) is 1.58. The van der Waals surface area contributed by atoms with Crippen LogP contribution in [0.25, 0.3) is 0 Å². The number of carbonyl (C=O) groups is 2. The zero-order chi connectivity index (χ0) is 19.5. The second-order valence-corrected chi connectivity index (χ2v) is 8.22. The molecule has 3 amide bonds. The summed E-state index contributed by atoms with van der Waals surface area (Å²) in [5.41, 5.74) is 0.704. The number of amides is 3. The number of nitrogens with zero attached hydrogens (tertiary/aromatic N) is 4. The van der Waals surface area contributed by atoms with Crippen LogP contribution < -0.4 is 10.6 Å². The molecule has 1 aliphatic heterocycles.